The van der Waals surface area contributed by atoms with Gasteiger partial charge in [0.2, 0.25) is 5.78 Å². The van der Waals surface area contributed by atoms with Gasteiger partial charge in [-0.15, -0.1) is 0 Å². The van der Waals surface area contributed by atoms with Crippen LogP contribution in [-0.4, -0.2) is 11.6 Å². The van der Waals surface area contributed by atoms with Crippen molar-refractivity contribution >= 4 is 23.2 Å². The topological polar surface area (TPSA) is 34.1 Å². The molecular formula is C19H18ClF3O2. The third-order valence-electron chi connectivity index (χ3n) is 3.52. The van der Waals surface area contributed by atoms with Crippen molar-refractivity contribution in [2.75, 3.05) is 0 Å². The van der Waals surface area contributed by atoms with Crippen LogP contribution in [-0.2, 0) is 17.4 Å². The van der Waals surface area contributed by atoms with Crippen LogP contribution >= 0.6 is 11.6 Å². The Hall–Kier alpha value is -2.14. The lowest BCUT2D eigenvalue weighted by atomic mass is 10.0. The van der Waals surface area contributed by atoms with E-state index in [4.69, 9.17) is 11.6 Å². The van der Waals surface area contributed by atoms with E-state index in [1.165, 1.54) is 19.1 Å². The van der Waals surface area contributed by atoms with Crippen LogP contribution < -0.4 is 0 Å². The molecule has 0 amide bonds. The van der Waals surface area contributed by atoms with Crippen LogP contribution in [0.5, 0.6) is 0 Å². The highest BCUT2D eigenvalue weighted by atomic mass is 35.5. The minimum atomic E-state index is -4.22. The lowest BCUT2D eigenvalue weighted by Crippen LogP contribution is -2.11. The van der Waals surface area contributed by atoms with E-state index in [0.717, 1.165) is 24.1 Å². The Morgan fingerprint density at radius 1 is 1.04 bits per heavy atom. The predicted molar refractivity (Wildman–Crippen MR) is 92.0 cm³/mol. The molecule has 0 aliphatic carbocycles. The van der Waals surface area contributed by atoms with Crippen LogP contribution in [0.15, 0.2) is 42.5 Å². The quantitative estimate of drug-likeness (QED) is 0.514. The van der Waals surface area contributed by atoms with Crippen LogP contribution in [0.2, 0.25) is 5.02 Å². The van der Waals surface area contributed by atoms with E-state index in [0.29, 0.717) is 16.1 Å². The average molecular weight is 371 g/mol. The first kappa shape index (κ1) is 20.9. The SMILES string of the molecule is CC(=O)C(=O)c1cccc(Cl)c1C.CCc1ccc(C(F)(F)F)cc1. The molecule has 0 spiro atoms. The Bertz CT molecular complexity index is 750. The molecule has 0 saturated carbocycles. The van der Waals surface area contributed by atoms with Crippen LogP contribution in [0, 0.1) is 6.92 Å². The minimum absolute atomic E-state index is 0.389. The van der Waals surface area contributed by atoms with Crippen molar-refractivity contribution in [1.82, 2.24) is 0 Å². The summed E-state index contributed by atoms with van der Waals surface area (Å²) in [5.41, 5.74) is 1.38. The summed E-state index contributed by atoms with van der Waals surface area (Å²) in [6, 6.07) is 10.2. The number of hydrogen-bond donors (Lipinski definition) is 0. The molecule has 0 heterocycles. The molecule has 0 fully saturated rings. The largest absolute Gasteiger partial charge is 0.416 e. The summed E-state index contributed by atoms with van der Waals surface area (Å²) >= 11 is 5.80. The number of rotatable bonds is 3. The van der Waals surface area contributed by atoms with Crippen molar-refractivity contribution in [1.29, 1.82) is 0 Å². The van der Waals surface area contributed by atoms with Crippen LogP contribution in [0.4, 0.5) is 13.2 Å². The second-order valence-corrected chi connectivity index (χ2v) is 5.75. The van der Waals surface area contributed by atoms with Crippen molar-refractivity contribution in [3.8, 4) is 0 Å². The fourth-order valence-electron chi connectivity index (χ4n) is 1.97. The summed E-state index contributed by atoms with van der Waals surface area (Å²) in [5.74, 6) is -0.953. The fourth-order valence-corrected chi connectivity index (χ4v) is 2.15. The molecule has 0 bridgehead atoms. The molecule has 0 unspecified atom stereocenters. The van der Waals surface area contributed by atoms with Gasteiger partial charge in [-0.2, -0.15) is 13.2 Å². The van der Waals surface area contributed by atoms with Gasteiger partial charge < -0.3 is 0 Å². The van der Waals surface area contributed by atoms with E-state index in [-0.39, 0.29) is 0 Å². The van der Waals surface area contributed by atoms with Gasteiger partial charge in [-0.25, -0.2) is 0 Å². The maximum atomic E-state index is 12.0. The smallest absolute Gasteiger partial charge is 0.291 e. The molecule has 2 rings (SSSR count). The van der Waals surface area contributed by atoms with Gasteiger partial charge in [0.25, 0.3) is 0 Å². The van der Waals surface area contributed by atoms with Crippen molar-refractivity contribution in [2.24, 2.45) is 0 Å². The summed E-state index contributed by atoms with van der Waals surface area (Å²) in [5, 5.41) is 0.507. The third kappa shape index (κ3) is 6.02. The highest BCUT2D eigenvalue weighted by Gasteiger charge is 2.29. The number of ketones is 2. The maximum Gasteiger partial charge on any atom is 0.416 e. The van der Waals surface area contributed by atoms with Crippen LogP contribution in [0.25, 0.3) is 0 Å². The number of halogens is 4. The zero-order valence-corrected chi connectivity index (χ0v) is 14.8. The van der Waals surface area contributed by atoms with Gasteiger partial charge in [-0.05, 0) is 42.7 Å². The zero-order valence-electron chi connectivity index (χ0n) is 14.1. The second kappa shape index (κ2) is 8.81. The summed E-state index contributed by atoms with van der Waals surface area (Å²) in [7, 11) is 0. The lowest BCUT2D eigenvalue weighted by Gasteiger charge is -2.06. The summed E-state index contributed by atoms with van der Waals surface area (Å²) in [6.07, 6.45) is -3.45. The van der Waals surface area contributed by atoms with Gasteiger partial charge in [0, 0.05) is 17.5 Å². The first-order chi connectivity index (χ1) is 11.6. The fraction of sp³-hybridized carbons (Fsp3) is 0.263. The summed E-state index contributed by atoms with van der Waals surface area (Å²) in [6.45, 7) is 4.88. The molecule has 0 aliphatic heterocycles. The standard InChI is InChI=1S/C10H9ClO2.C9H9F3/c1-6-8(10(13)7(2)12)4-3-5-9(6)11;1-2-7-3-5-8(6-4-7)9(10,11)12/h3-5H,1-2H3;3-6H,2H2,1H3. The number of Topliss-reactive ketones (excluding diaryl/α,β-unsaturated/α-hetero) is 2. The minimum Gasteiger partial charge on any atom is -0.291 e. The highest BCUT2D eigenvalue weighted by Crippen LogP contribution is 2.29. The Balaban J connectivity index is 0.000000251. The normalized spacial score (nSPS) is 10.7. The van der Waals surface area contributed by atoms with E-state index < -0.39 is 23.3 Å². The van der Waals surface area contributed by atoms with Gasteiger partial charge in [0.15, 0.2) is 5.78 Å². The van der Waals surface area contributed by atoms with Crippen molar-refractivity contribution in [2.45, 2.75) is 33.4 Å². The van der Waals surface area contributed by atoms with E-state index >= 15 is 0 Å². The molecule has 0 radical (unpaired) electrons. The van der Waals surface area contributed by atoms with E-state index in [1.54, 1.807) is 25.1 Å². The Kier molecular flexibility index (Phi) is 7.37. The molecule has 2 aromatic carbocycles. The Labute approximate surface area is 149 Å². The molecule has 0 N–H and O–H groups in total. The first-order valence-electron chi connectivity index (χ1n) is 7.54. The maximum absolute atomic E-state index is 12.0. The van der Waals surface area contributed by atoms with Crippen LogP contribution in [0.3, 0.4) is 0 Å². The van der Waals surface area contributed by atoms with E-state index in [9.17, 15) is 22.8 Å². The van der Waals surface area contributed by atoms with E-state index in [1.807, 2.05) is 6.92 Å². The molecule has 0 atom stereocenters. The molecule has 6 heteroatoms. The summed E-state index contributed by atoms with van der Waals surface area (Å²) in [4.78, 5) is 22.1. The van der Waals surface area contributed by atoms with Gasteiger partial charge >= 0.3 is 6.18 Å². The van der Waals surface area contributed by atoms with Gasteiger partial charge in [-0.3, -0.25) is 9.59 Å². The lowest BCUT2D eigenvalue weighted by molar-refractivity contribution is -0.137. The number of carbonyl (C=O) groups excluding carboxylic acids is 2. The molecule has 25 heavy (non-hydrogen) atoms. The number of benzene rings is 2. The first-order valence-corrected chi connectivity index (χ1v) is 7.92. The van der Waals surface area contributed by atoms with Gasteiger partial charge in [0.05, 0.1) is 5.56 Å². The van der Waals surface area contributed by atoms with Crippen molar-refractivity contribution in [3.63, 3.8) is 0 Å². The molecule has 2 aromatic rings. The molecule has 134 valence electrons. The number of carbonyl (C=O) groups is 2. The number of hydrogen-bond acceptors (Lipinski definition) is 2. The van der Waals surface area contributed by atoms with E-state index in [2.05, 4.69) is 0 Å². The molecule has 0 saturated heterocycles. The highest BCUT2D eigenvalue weighted by molar-refractivity contribution is 6.44. The predicted octanol–water partition coefficient (Wildman–Crippen LogP) is 5.69. The monoisotopic (exact) mass is 370 g/mol. The van der Waals surface area contributed by atoms with Crippen LogP contribution in [0.1, 0.15) is 40.9 Å². The number of aryl methyl sites for hydroxylation is 1. The zero-order chi connectivity index (χ0) is 19.2. The molecule has 2 nitrogen and oxygen atoms in total. The second-order valence-electron chi connectivity index (χ2n) is 5.35. The number of alkyl halides is 3. The Morgan fingerprint density at radius 3 is 2.04 bits per heavy atom. The van der Waals surface area contributed by atoms with Crippen molar-refractivity contribution < 1.29 is 22.8 Å². The van der Waals surface area contributed by atoms with Gasteiger partial charge in [0.1, 0.15) is 0 Å². The molecular weight excluding hydrogens is 353 g/mol. The van der Waals surface area contributed by atoms with Crippen molar-refractivity contribution in [3.05, 3.63) is 69.7 Å². The third-order valence-corrected chi connectivity index (χ3v) is 3.93. The van der Waals surface area contributed by atoms with Gasteiger partial charge in [-0.1, -0.05) is 42.8 Å². The summed E-state index contributed by atoms with van der Waals surface area (Å²) < 4.78 is 36.1. The molecule has 0 aromatic heterocycles. The molecule has 0 aliphatic rings. The Morgan fingerprint density at radius 2 is 1.60 bits per heavy atom. The average Bonchev–Trinajstić information content (AvgIpc) is 2.56.